The van der Waals surface area contributed by atoms with Gasteiger partial charge in [-0.2, -0.15) is 12.6 Å². The van der Waals surface area contributed by atoms with Crippen molar-refractivity contribution in [3.8, 4) is 5.75 Å². The number of benzene rings is 1. The maximum atomic E-state index is 11.7. The smallest absolute Gasteiger partial charge is 0.214 e. The zero-order valence-electron chi connectivity index (χ0n) is 10.7. The standard InChI is InChI=1S/C14H18O2S2/c1-11(14(15)18-10-9-17)3-4-12-5-7-13(16-2)8-6-12/h3,5-8,17H,4,9-10H2,1-2H3/b11-3+. The summed E-state index contributed by atoms with van der Waals surface area (Å²) < 4.78 is 5.10. The van der Waals surface area contributed by atoms with Crippen molar-refractivity contribution in [2.45, 2.75) is 13.3 Å². The van der Waals surface area contributed by atoms with Gasteiger partial charge in [0.1, 0.15) is 5.75 Å². The van der Waals surface area contributed by atoms with E-state index in [1.54, 1.807) is 7.11 Å². The zero-order chi connectivity index (χ0) is 13.4. The van der Waals surface area contributed by atoms with E-state index in [0.717, 1.165) is 29.2 Å². The number of hydrogen-bond acceptors (Lipinski definition) is 4. The SMILES string of the molecule is COc1ccc(C/C=C(\C)C(=O)SCCS)cc1. The molecule has 98 valence electrons. The Labute approximate surface area is 118 Å². The summed E-state index contributed by atoms with van der Waals surface area (Å²) in [5.74, 6) is 2.33. The van der Waals surface area contributed by atoms with E-state index in [2.05, 4.69) is 12.6 Å². The second-order valence-corrected chi connectivity index (χ2v) is 5.31. The molecular formula is C14H18O2S2. The van der Waals surface area contributed by atoms with Gasteiger partial charge in [0.25, 0.3) is 0 Å². The molecule has 0 fully saturated rings. The average Bonchev–Trinajstić information content (AvgIpc) is 2.42. The summed E-state index contributed by atoms with van der Waals surface area (Å²) in [6, 6.07) is 7.87. The van der Waals surface area contributed by atoms with Crippen molar-refractivity contribution >= 4 is 29.5 Å². The minimum absolute atomic E-state index is 0.137. The number of carbonyl (C=O) groups excluding carboxylic acids is 1. The fourth-order valence-electron chi connectivity index (χ4n) is 1.37. The molecule has 0 saturated heterocycles. The highest BCUT2D eigenvalue weighted by Gasteiger charge is 2.04. The van der Waals surface area contributed by atoms with E-state index in [1.165, 1.54) is 17.3 Å². The van der Waals surface area contributed by atoms with Crippen LogP contribution in [0.5, 0.6) is 5.75 Å². The Morgan fingerprint density at radius 2 is 2.06 bits per heavy atom. The van der Waals surface area contributed by atoms with E-state index in [0.29, 0.717) is 0 Å². The number of carbonyl (C=O) groups is 1. The van der Waals surface area contributed by atoms with Gasteiger partial charge in [-0.15, -0.1) is 0 Å². The van der Waals surface area contributed by atoms with Gasteiger partial charge < -0.3 is 4.74 Å². The van der Waals surface area contributed by atoms with E-state index >= 15 is 0 Å². The summed E-state index contributed by atoms with van der Waals surface area (Å²) in [5, 5.41) is 0.137. The topological polar surface area (TPSA) is 26.3 Å². The van der Waals surface area contributed by atoms with Crippen LogP contribution in [-0.2, 0) is 11.2 Å². The molecule has 0 amide bonds. The second-order valence-electron chi connectivity index (χ2n) is 3.80. The Bertz CT molecular complexity index is 410. The number of thiol groups is 1. The van der Waals surface area contributed by atoms with Crippen LogP contribution in [0.1, 0.15) is 12.5 Å². The van der Waals surface area contributed by atoms with Crippen LogP contribution in [-0.4, -0.2) is 23.7 Å². The molecule has 0 N–H and O–H groups in total. The third kappa shape index (κ3) is 5.19. The van der Waals surface area contributed by atoms with Crippen LogP contribution in [0.3, 0.4) is 0 Å². The average molecular weight is 282 g/mol. The molecule has 0 aliphatic heterocycles. The minimum atomic E-state index is 0.137. The van der Waals surface area contributed by atoms with Crippen LogP contribution in [0.25, 0.3) is 0 Å². The van der Waals surface area contributed by atoms with Crippen molar-refractivity contribution in [3.05, 3.63) is 41.5 Å². The lowest BCUT2D eigenvalue weighted by Crippen LogP contribution is -1.96. The van der Waals surface area contributed by atoms with Gasteiger partial charge in [0.15, 0.2) is 0 Å². The summed E-state index contributed by atoms with van der Waals surface area (Å²) in [6.45, 7) is 1.86. The molecule has 0 aliphatic rings. The van der Waals surface area contributed by atoms with Gasteiger partial charge in [-0.05, 0) is 42.4 Å². The first-order valence-electron chi connectivity index (χ1n) is 5.75. The lowest BCUT2D eigenvalue weighted by molar-refractivity contribution is -0.107. The van der Waals surface area contributed by atoms with Crippen LogP contribution < -0.4 is 4.74 Å². The van der Waals surface area contributed by atoms with Crippen molar-refractivity contribution < 1.29 is 9.53 Å². The maximum Gasteiger partial charge on any atom is 0.214 e. The highest BCUT2D eigenvalue weighted by molar-refractivity contribution is 8.14. The quantitative estimate of drug-likeness (QED) is 0.640. The first-order valence-corrected chi connectivity index (χ1v) is 7.37. The summed E-state index contributed by atoms with van der Waals surface area (Å²) in [4.78, 5) is 11.7. The van der Waals surface area contributed by atoms with Crippen LogP contribution in [0.2, 0.25) is 0 Å². The van der Waals surface area contributed by atoms with Crippen molar-refractivity contribution in [2.75, 3.05) is 18.6 Å². The second kappa shape index (κ2) is 8.27. The van der Waals surface area contributed by atoms with Crippen LogP contribution in [0, 0.1) is 0 Å². The molecule has 0 atom stereocenters. The molecule has 0 aliphatic carbocycles. The summed E-state index contributed by atoms with van der Waals surface area (Å²) in [7, 11) is 1.65. The normalized spacial score (nSPS) is 11.4. The van der Waals surface area contributed by atoms with E-state index in [-0.39, 0.29) is 5.12 Å². The molecule has 0 heterocycles. The molecule has 0 radical (unpaired) electrons. The van der Waals surface area contributed by atoms with Gasteiger partial charge in [-0.1, -0.05) is 30.0 Å². The monoisotopic (exact) mass is 282 g/mol. The van der Waals surface area contributed by atoms with E-state index < -0.39 is 0 Å². The van der Waals surface area contributed by atoms with Gasteiger partial charge in [0, 0.05) is 5.75 Å². The summed E-state index contributed by atoms with van der Waals surface area (Å²) in [6.07, 6.45) is 2.73. The van der Waals surface area contributed by atoms with Gasteiger partial charge in [-0.3, -0.25) is 4.79 Å². The van der Waals surface area contributed by atoms with Crippen molar-refractivity contribution in [1.29, 1.82) is 0 Å². The third-order valence-corrected chi connectivity index (χ3v) is 3.97. The Balaban J connectivity index is 2.53. The molecule has 0 spiro atoms. The first kappa shape index (κ1) is 15.2. The predicted molar refractivity (Wildman–Crippen MR) is 81.8 cm³/mol. The Morgan fingerprint density at radius 3 is 2.61 bits per heavy atom. The molecule has 4 heteroatoms. The Kier molecular flexibility index (Phi) is 6.98. The fraction of sp³-hybridized carbons (Fsp3) is 0.357. The van der Waals surface area contributed by atoms with Crippen LogP contribution in [0.15, 0.2) is 35.9 Å². The highest BCUT2D eigenvalue weighted by Crippen LogP contribution is 2.14. The maximum absolute atomic E-state index is 11.7. The molecule has 18 heavy (non-hydrogen) atoms. The molecule has 1 aromatic rings. The minimum Gasteiger partial charge on any atom is -0.497 e. The lowest BCUT2D eigenvalue weighted by Gasteiger charge is -2.02. The Morgan fingerprint density at radius 1 is 1.39 bits per heavy atom. The van der Waals surface area contributed by atoms with Crippen molar-refractivity contribution in [3.63, 3.8) is 0 Å². The largest absolute Gasteiger partial charge is 0.497 e. The first-order chi connectivity index (χ1) is 8.67. The van der Waals surface area contributed by atoms with E-state index in [1.807, 2.05) is 37.3 Å². The van der Waals surface area contributed by atoms with Gasteiger partial charge in [0.05, 0.1) is 7.11 Å². The van der Waals surface area contributed by atoms with Crippen molar-refractivity contribution in [1.82, 2.24) is 0 Å². The van der Waals surface area contributed by atoms with Gasteiger partial charge >= 0.3 is 0 Å². The molecule has 1 aromatic carbocycles. The molecule has 0 aromatic heterocycles. The van der Waals surface area contributed by atoms with E-state index in [9.17, 15) is 4.79 Å². The Hall–Kier alpha value is -0.870. The fourth-order valence-corrected chi connectivity index (χ4v) is 2.23. The van der Waals surface area contributed by atoms with E-state index in [4.69, 9.17) is 4.74 Å². The zero-order valence-corrected chi connectivity index (χ0v) is 12.4. The molecule has 0 unspecified atom stereocenters. The lowest BCUT2D eigenvalue weighted by atomic mass is 10.1. The highest BCUT2D eigenvalue weighted by atomic mass is 32.2. The molecular weight excluding hydrogens is 264 g/mol. The molecule has 2 nitrogen and oxygen atoms in total. The number of allylic oxidation sites excluding steroid dienone is 1. The number of methoxy groups -OCH3 is 1. The number of hydrogen-bond donors (Lipinski definition) is 1. The predicted octanol–water partition coefficient (Wildman–Crippen LogP) is 3.37. The van der Waals surface area contributed by atoms with Crippen LogP contribution >= 0.6 is 24.4 Å². The number of ether oxygens (including phenoxy) is 1. The number of thioether (sulfide) groups is 1. The molecule has 0 bridgehead atoms. The van der Waals surface area contributed by atoms with Crippen LogP contribution in [0.4, 0.5) is 0 Å². The van der Waals surface area contributed by atoms with Gasteiger partial charge in [-0.25, -0.2) is 0 Å². The van der Waals surface area contributed by atoms with Crippen molar-refractivity contribution in [2.24, 2.45) is 0 Å². The van der Waals surface area contributed by atoms with Gasteiger partial charge in [0.2, 0.25) is 5.12 Å². The summed E-state index contributed by atoms with van der Waals surface area (Å²) >= 11 is 5.41. The number of rotatable bonds is 6. The summed E-state index contributed by atoms with van der Waals surface area (Å²) in [5.41, 5.74) is 1.97. The molecule has 1 rings (SSSR count). The molecule has 0 saturated carbocycles. The third-order valence-electron chi connectivity index (χ3n) is 2.45.